The standard InChI is InChI=1S/C14H17N3O3/c1-8(7-18)9(2)15-14(20)12-13(19)10-5-3-4-6-11(10)16-17-12/h3-6,8-9,18H,7H2,1-2H3,(H,15,20)(H,16,19). The molecule has 20 heavy (non-hydrogen) atoms. The first-order valence-corrected chi connectivity index (χ1v) is 6.43. The van der Waals surface area contributed by atoms with Crippen molar-refractivity contribution in [3.8, 4) is 0 Å². The Kier molecular flexibility index (Phi) is 4.14. The maximum Gasteiger partial charge on any atom is 0.276 e. The molecule has 1 heterocycles. The zero-order valence-electron chi connectivity index (χ0n) is 11.4. The normalized spacial score (nSPS) is 13.9. The smallest absolute Gasteiger partial charge is 0.276 e. The number of aromatic amines is 1. The lowest BCUT2D eigenvalue weighted by Crippen LogP contribution is -2.40. The minimum absolute atomic E-state index is 0.0387. The average Bonchev–Trinajstić information content (AvgIpc) is 2.46. The van der Waals surface area contributed by atoms with E-state index >= 15 is 0 Å². The van der Waals surface area contributed by atoms with E-state index in [1.54, 1.807) is 31.2 Å². The number of para-hydroxylation sites is 1. The molecule has 2 unspecified atom stereocenters. The van der Waals surface area contributed by atoms with Crippen LogP contribution >= 0.6 is 0 Å². The van der Waals surface area contributed by atoms with Gasteiger partial charge in [0.05, 0.1) is 5.52 Å². The van der Waals surface area contributed by atoms with Crippen molar-refractivity contribution in [3.63, 3.8) is 0 Å². The van der Waals surface area contributed by atoms with Crippen molar-refractivity contribution in [2.45, 2.75) is 19.9 Å². The molecule has 0 saturated carbocycles. The summed E-state index contributed by atoms with van der Waals surface area (Å²) < 4.78 is 0. The number of nitrogens with one attached hydrogen (secondary N) is 2. The van der Waals surface area contributed by atoms with Crippen LogP contribution in [0.25, 0.3) is 10.9 Å². The highest BCUT2D eigenvalue weighted by molar-refractivity contribution is 5.95. The van der Waals surface area contributed by atoms with Crippen LogP contribution in [0.2, 0.25) is 0 Å². The number of rotatable bonds is 4. The summed E-state index contributed by atoms with van der Waals surface area (Å²) in [6, 6.07) is 6.63. The summed E-state index contributed by atoms with van der Waals surface area (Å²) in [4.78, 5) is 24.3. The highest BCUT2D eigenvalue weighted by Gasteiger charge is 2.19. The van der Waals surface area contributed by atoms with E-state index in [1.165, 1.54) is 0 Å². The maximum absolute atomic E-state index is 12.2. The average molecular weight is 275 g/mol. The number of carbonyl (C=O) groups is 1. The summed E-state index contributed by atoms with van der Waals surface area (Å²) in [5, 5.41) is 18.7. The van der Waals surface area contributed by atoms with E-state index in [4.69, 9.17) is 5.11 Å². The number of fused-ring (bicyclic) bond motifs is 1. The lowest BCUT2D eigenvalue weighted by Gasteiger charge is -2.18. The van der Waals surface area contributed by atoms with Gasteiger partial charge in [-0.05, 0) is 25.0 Å². The van der Waals surface area contributed by atoms with Gasteiger partial charge in [-0.2, -0.15) is 5.10 Å². The largest absolute Gasteiger partial charge is 0.396 e. The molecule has 2 aromatic rings. The number of aliphatic hydroxyl groups excluding tert-OH is 1. The van der Waals surface area contributed by atoms with Crippen molar-refractivity contribution in [1.82, 2.24) is 15.5 Å². The van der Waals surface area contributed by atoms with Crippen LogP contribution in [-0.4, -0.2) is 33.9 Å². The number of benzene rings is 1. The Hall–Kier alpha value is -2.21. The van der Waals surface area contributed by atoms with Gasteiger partial charge in [-0.1, -0.05) is 19.1 Å². The van der Waals surface area contributed by atoms with Crippen molar-refractivity contribution in [1.29, 1.82) is 0 Å². The summed E-state index contributed by atoms with van der Waals surface area (Å²) in [5.74, 6) is -0.636. The zero-order chi connectivity index (χ0) is 14.7. The lowest BCUT2D eigenvalue weighted by molar-refractivity contribution is 0.0909. The summed E-state index contributed by atoms with van der Waals surface area (Å²) in [6.45, 7) is 3.54. The first kappa shape index (κ1) is 14.2. The molecule has 2 rings (SSSR count). The topological polar surface area (TPSA) is 95.1 Å². The second kappa shape index (κ2) is 5.83. The predicted octanol–water partition coefficient (Wildman–Crippen LogP) is 0.670. The molecule has 0 aliphatic carbocycles. The van der Waals surface area contributed by atoms with Crippen LogP contribution in [0.4, 0.5) is 0 Å². The Balaban J connectivity index is 2.31. The fraction of sp³-hybridized carbons (Fsp3) is 0.357. The van der Waals surface area contributed by atoms with Crippen LogP contribution < -0.4 is 10.7 Å². The van der Waals surface area contributed by atoms with Crippen LogP contribution in [0, 0.1) is 5.92 Å². The fourth-order valence-electron chi connectivity index (χ4n) is 1.80. The van der Waals surface area contributed by atoms with Gasteiger partial charge in [0.1, 0.15) is 0 Å². The molecule has 0 bridgehead atoms. The number of amides is 1. The molecule has 0 aliphatic rings. The van der Waals surface area contributed by atoms with Gasteiger partial charge in [-0.3, -0.25) is 14.7 Å². The Bertz CT molecular complexity index is 681. The number of carbonyl (C=O) groups excluding carboxylic acids is 1. The van der Waals surface area contributed by atoms with Gasteiger partial charge < -0.3 is 10.4 Å². The summed E-state index contributed by atoms with van der Waals surface area (Å²) >= 11 is 0. The van der Waals surface area contributed by atoms with E-state index in [2.05, 4.69) is 15.5 Å². The maximum atomic E-state index is 12.2. The molecule has 3 N–H and O–H groups in total. The number of aliphatic hydroxyl groups is 1. The molecule has 1 amide bonds. The first-order valence-electron chi connectivity index (χ1n) is 6.43. The van der Waals surface area contributed by atoms with Crippen LogP contribution in [0.5, 0.6) is 0 Å². The number of nitrogens with zero attached hydrogens (tertiary/aromatic N) is 1. The first-order chi connectivity index (χ1) is 9.54. The molecule has 0 radical (unpaired) electrons. The molecule has 0 fully saturated rings. The van der Waals surface area contributed by atoms with Crippen LogP contribution in [0.3, 0.4) is 0 Å². The fourth-order valence-corrected chi connectivity index (χ4v) is 1.80. The third-order valence-electron chi connectivity index (χ3n) is 3.39. The Morgan fingerprint density at radius 1 is 1.40 bits per heavy atom. The molecule has 106 valence electrons. The highest BCUT2D eigenvalue weighted by atomic mass is 16.3. The van der Waals surface area contributed by atoms with Crippen molar-refractivity contribution in [3.05, 3.63) is 40.2 Å². The lowest BCUT2D eigenvalue weighted by atomic mass is 10.1. The molecular weight excluding hydrogens is 258 g/mol. The van der Waals surface area contributed by atoms with E-state index in [9.17, 15) is 9.59 Å². The van der Waals surface area contributed by atoms with E-state index in [0.717, 1.165) is 0 Å². The van der Waals surface area contributed by atoms with Gasteiger partial charge in [-0.15, -0.1) is 0 Å². The Morgan fingerprint density at radius 2 is 2.10 bits per heavy atom. The van der Waals surface area contributed by atoms with E-state index < -0.39 is 11.3 Å². The van der Waals surface area contributed by atoms with E-state index in [0.29, 0.717) is 10.9 Å². The minimum atomic E-state index is -0.537. The highest BCUT2D eigenvalue weighted by Crippen LogP contribution is 2.06. The molecular formula is C14H17N3O3. The van der Waals surface area contributed by atoms with Gasteiger partial charge in [0.25, 0.3) is 5.91 Å². The van der Waals surface area contributed by atoms with Crippen molar-refractivity contribution < 1.29 is 9.90 Å². The summed E-state index contributed by atoms with van der Waals surface area (Å²) in [7, 11) is 0. The van der Waals surface area contributed by atoms with Gasteiger partial charge in [0, 0.05) is 18.0 Å². The van der Waals surface area contributed by atoms with Gasteiger partial charge >= 0.3 is 0 Å². The number of aromatic nitrogens is 2. The number of hydrogen-bond donors (Lipinski definition) is 3. The number of H-pyrrole nitrogens is 1. The van der Waals surface area contributed by atoms with E-state index in [1.807, 2.05) is 6.92 Å². The second-order valence-corrected chi connectivity index (χ2v) is 4.87. The summed E-state index contributed by atoms with van der Waals surface area (Å²) in [6.07, 6.45) is 0. The molecule has 1 aromatic carbocycles. The molecule has 1 aromatic heterocycles. The summed E-state index contributed by atoms with van der Waals surface area (Å²) in [5.41, 5.74) is 0.0206. The predicted molar refractivity (Wildman–Crippen MR) is 75.5 cm³/mol. The van der Waals surface area contributed by atoms with Crippen LogP contribution in [-0.2, 0) is 0 Å². The van der Waals surface area contributed by atoms with Crippen molar-refractivity contribution in [2.75, 3.05) is 6.61 Å². The van der Waals surface area contributed by atoms with E-state index in [-0.39, 0.29) is 24.3 Å². The molecule has 0 spiro atoms. The monoisotopic (exact) mass is 275 g/mol. The molecule has 6 nitrogen and oxygen atoms in total. The van der Waals surface area contributed by atoms with Crippen LogP contribution in [0.1, 0.15) is 24.3 Å². The Morgan fingerprint density at radius 3 is 2.80 bits per heavy atom. The molecule has 6 heteroatoms. The third-order valence-corrected chi connectivity index (χ3v) is 3.39. The third kappa shape index (κ3) is 2.70. The van der Waals surface area contributed by atoms with Gasteiger partial charge in [0.15, 0.2) is 5.69 Å². The number of hydrogen-bond acceptors (Lipinski definition) is 4. The molecule has 0 aliphatic heterocycles. The van der Waals surface area contributed by atoms with Gasteiger partial charge in [0.2, 0.25) is 5.43 Å². The van der Waals surface area contributed by atoms with Crippen molar-refractivity contribution in [2.24, 2.45) is 5.92 Å². The quantitative estimate of drug-likeness (QED) is 0.764. The Labute approximate surface area is 115 Å². The zero-order valence-corrected chi connectivity index (χ0v) is 11.4. The van der Waals surface area contributed by atoms with Gasteiger partial charge in [-0.25, -0.2) is 0 Å². The van der Waals surface area contributed by atoms with Crippen LogP contribution in [0.15, 0.2) is 29.1 Å². The molecule has 2 atom stereocenters. The molecule has 0 saturated heterocycles. The minimum Gasteiger partial charge on any atom is -0.396 e. The van der Waals surface area contributed by atoms with Crippen molar-refractivity contribution >= 4 is 16.8 Å². The second-order valence-electron chi connectivity index (χ2n) is 4.87. The SMILES string of the molecule is CC(CO)C(C)NC(=O)c1n[nH]c2ccccc2c1=O.